The zero-order chi connectivity index (χ0) is 16.5. The van der Waals surface area contributed by atoms with Crippen molar-refractivity contribution in [3.63, 3.8) is 0 Å². The van der Waals surface area contributed by atoms with Gasteiger partial charge in [-0.25, -0.2) is 4.79 Å². The second kappa shape index (κ2) is 6.29. The highest BCUT2D eigenvalue weighted by atomic mass is 35.5. The molecule has 2 rings (SSSR count). The number of halogens is 1. The van der Waals surface area contributed by atoms with Crippen LogP contribution in [-0.2, 0) is 9.53 Å². The fourth-order valence-electron chi connectivity index (χ4n) is 2.82. The highest BCUT2D eigenvalue weighted by Crippen LogP contribution is 2.38. The smallest absolute Gasteiger partial charge is 0.411 e. The Kier molecular flexibility index (Phi) is 4.81. The molecular formula is C17H22ClNO3. The maximum absolute atomic E-state index is 12.6. The molecule has 0 spiro atoms. The number of rotatable bonds is 2. The Balaban J connectivity index is 2.32. The van der Waals surface area contributed by atoms with Crippen molar-refractivity contribution in [2.75, 3.05) is 0 Å². The Morgan fingerprint density at radius 2 is 1.95 bits per heavy atom. The van der Waals surface area contributed by atoms with Crippen LogP contribution >= 0.6 is 11.6 Å². The minimum atomic E-state index is -0.597. The Morgan fingerprint density at radius 3 is 2.50 bits per heavy atom. The Bertz CT molecular complexity index is 580. The van der Waals surface area contributed by atoms with Gasteiger partial charge < -0.3 is 4.74 Å². The van der Waals surface area contributed by atoms with Crippen molar-refractivity contribution in [1.29, 1.82) is 0 Å². The molecule has 1 aliphatic heterocycles. The highest BCUT2D eigenvalue weighted by Gasteiger charge is 2.42. The van der Waals surface area contributed by atoms with Gasteiger partial charge >= 0.3 is 6.09 Å². The molecule has 1 fully saturated rings. The highest BCUT2D eigenvalue weighted by molar-refractivity contribution is 6.30. The first-order valence-corrected chi connectivity index (χ1v) is 7.84. The van der Waals surface area contributed by atoms with Gasteiger partial charge in [0.2, 0.25) is 0 Å². The van der Waals surface area contributed by atoms with Crippen molar-refractivity contribution in [1.82, 2.24) is 4.90 Å². The molecular weight excluding hydrogens is 302 g/mol. The molecule has 1 amide bonds. The molecule has 0 aromatic heterocycles. The summed E-state index contributed by atoms with van der Waals surface area (Å²) >= 11 is 6.05. The number of nitrogens with zero attached hydrogens (tertiary/aromatic N) is 1. The van der Waals surface area contributed by atoms with Crippen LogP contribution in [0.1, 0.15) is 52.1 Å². The zero-order valence-corrected chi connectivity index (χ0v) is 14.2. The summed E-state index contributed by atoms with van der Waals surface area (Å²) in [5, 5.41) is 0.618. The third-order valence-corrected chi connectivity index (χ3v) is 3.93. The fraction of sp³-hybridized carbons (Fsp3) is 0.529. The molecule has 1 aromatic rings. The van der Waals surface area contributed by atoms with E-state index >= 15 is 0 Å². The number of carbonyl (C=O) groups is 2. The standard InChI is InChI=1S/C17H22ClNO3/c1-11(20)14-8-9-15(12-6-5-7-13(18)10-12)19(14)16(21)22-17(2,3)4/h5-7,10,14-15H,8-9H2,1-4H3/t14-,15+/m1/s1. The average molecular weight is 324 g/mol. The largest absolute Gasteiger partial charge is 0.444 e. The molecule has 1 aliphatic rings. The van der Waals surface area contributed by atoms with Crippen LogP contribution in [0, 0.1) is 0 Å². The quantitative estimate of drug-likeness (QED) is 0.812. The topological polar surface area (TPSA) is 46.6 Å². The first-order chi connectivity index (χ1) is 10.2. The number of ketones is 1. The van der Waals surface area contributed by atoms with E-state index in [1.807, 2.05) is 39.0 Å². The van der Waals surface area contributed by atoms with E-state index in [1.165, 1.54) is 6.92 Å². The number of hydrogen-bond donors (Lipinski definition) is 0. The van der Waals surface area contributed by atoms with Crippen molar-refractivity contribution in [3.8, 4) is 0 Å². The van der Waals surface area contributed by atoms with Crippen LogP contribution in [0.4, 0.5) is 4.79 Å². The van der Waals surface area contributed by atoms with Gasteiger partial charge in [0, 0.05) is 5.02 Å². The summed E-state index contributed by atoms with van der Waals surface area (Å²) in [5.41, 5.74) is 0.335. The van der Waals surface area contributed by atoms with Gasteiger partial charge in [0.1, 0.15) is 5.60 Å². The minimum Gasteiger partial charge on any atom is -0.444 e. The lowest BCUT2D eigenvalue weighted by Gasteiger charge is -2.32. The third-order valence-electron chi connectivity index (χ3n) is 3.69. The van der Waals surface area contributed by atoms with E-state index in [0.29, 0.717) is 11.4 Å². The van der Waals surface area contributed by atoms with E-state index < -0.39 is 17.7 Å². The number of ether oxygens (including phenoxy) is 1. The molecule has 4 nitrogen and oxygen atoms in total. The number of hydrogen-bond acceptors (Lipinski definition) is 3. The van der Waals surface area contributed by atoms with E-state index in [2.05, 4.69) is 0 Å². The molecule has 120 valence electrons. The van der Waals surface area contributed by atoms with Crippen molar-refractivity contribution in [3.05, 3.63) is 34.9 Å². The van der Waals surface area contributed by atoms with Crippen molar-refractivity contribution in [2.45, 2.75) is 58.2 Å². The lowest BCUT2D eigenvalue weighted by atomic mass is 10.0. The summed E-state index contributed by atoms with van der Waals surface area (Å²) in [6.07, 6.45) is 0.922. The van der Waals surface area contributed by atoms with Crippen molar-refractivity contribution < 1.29 is 14.3 Å². The maximum Gasteiger partial charge on any atom is 0.411 e. The number of amides is 1. The Labute approximate surface area is 136 Å². The summed E-state index contributed by atoms with van der Waals surface area (Å²) in [4.78, 5) is 26.0. The molecule has 0 unspecified atom stereocenters. The van der Waals surface area contributed by atoms with Crippen LogP contribution < -0.4 is 0 Å². The van der Waals surface area contributed by atoms with Gasteiger partial charge in [-0.2, -0.15) is 0 Å². The monoisotopic (exact) mass is 323 g/mol. The van der Waals surface area contributed by atoms with E-state index in [1.54, 1.807) is 11.0 Å². The number of Topliss-reactive ketones (excluding diaryl/α,β-unsaturated/α-hetero) is 1. The molecule has 1 heterocycles. The number of likely N-dealkylation sites (tertiary alicyclic amines) is 1. The molecule has 22 heavy (non-hydrogen) atoms. The van der Waals surface area contributed by atoms with E-state index in [-0.39, 0.29) is 11.8 Å². The summed E-state index contributed by atoms with van der Waals surface area (Å²) in [6, 6.07) is 6.80. The minimum absolute atomic E-state index is 0.0182. The van der Waals surface area contributed by atoms with Gasteiger partial charge in [0.05, 0.1) is 12.1 Å². The van der Waals surface area contributed by atoms with Crippen LogP contribution in [-0.4, -0.2) is 28.4 Å². The normalized spacial score (nSPS) is 21.8. The molecule has 5 heteroatoms. The fourth-order valence-corrected chi connectivity index (χ4v) is 3.02. The van der Waals surface area contributed by atoms with Crippen LogP contribution in [0.3, 0.4) is 0 Å². The second-order valence-corrected chi connectivity index (χ2v) is 7.10. The maximum atomic E-state index is 12.6. The predicted molar refractivity (Wildman–Crippen MR) is 86.0 cm³/mol. The summed E-state index contributed by atoms with van der Waals surface area (Å²) < 4.78 is 5.49. The van der Waals surface area contributed by atoms with Gasteiger partial charge in [-0.15, -0.1) is 0 Å². The SMILES string of the molecule is CC(=O)[C@H]1CC[C@@H](c2cccc(Cl)c2)N1C(=O)OC(C)(C)C. The van der Waals surface area contributed by atoms with Crippen LogP contribution in [0.15, 0.2) is 24.3 Å². The van der Waals surface area contributed by atoms with Gasteiger partial charge in [0.15, 0.2) is 5.78 Å². The molecule has 0 saturated carbocycles. The number of benzene rings is 1. The molecule has 0 N–H and O–H groups in total. The van der Waals surface area contributed by atoms with Crippen molar-refractivity contribution >= 4 is 23.5 Å². The van der Waals surface area contributed by atoms with Gasteiger partial charge in [-0.1, -0.05) is 23.7 Å². The van der Waals surface area contributed by atoms with E-state index in [0.717, 1.165) is 12.0 Å². The van der Waals surface area contributed by atoms with E-state index in [9.17, 15) is 9.59 Å². The molecule has 1 aromatic carbocycles. The molecule has 0 radical (unpaired) electrons. The van der Waals surface area contributed by atoms with Gasteiger partial charge in [-0.05, 0) is 58.2 Å². The van der Waals surface area contributed by atoms with Crippen molar-refractivity contribution in [2.24, 2.45) is 0 Å². The lowest BCUT2D eigenvalue weighted by Crippen LogP contribution is -2.43. The molecule has 0 bridgehead atoms. The van der Waals surface area contributed by atoms with Gasteiger partial charge in [-0.3, -0.25) is 9.69 Å². The summed E-state index contributed by atoms with van der Waals surface area (Å²) in [6.45, 7) is 6.97. The van der Waals surface area contributed by atoms with Crippen LogP contribution in [0.2, 0.25) is 5.02 Å². The lowest BCUT2D eigenvalue weighted by molar-refractivity contribution is -0.121. The van der Waals surface area contributed by atoms with E-state index in [4.69, 9.17) is 16.3 Å². The Morgan fingerprint density at radius 1 is 1.27 bits per heavy atom. The predicted octanol–water partition coefficient (Wildman–Crippen LogP) is 4.37. The summed E-state index contributed by atoms with van der Waals surface area (Å²) in [5.74, 6) is -0.0182. The number of carbonyl (C=O) groups excluding carboxylic acids is 2. The third kappa shape index (κ3) is 3.80. The molecule has 0 aliphatic carbocycles. The zero-order valence-electron chi connectivity index (χ0n) is 13.4. The summed E-state index contributed by atoms with van der Waals surface area (Å²) in [7, 11) is 0. The van der Waals surface area contributed by atoms with Crippen LogP contribution in [0.25, 0.3) is 0 Å². The molecule has 1 saturated heterocycles. The second-order valence-electron chi connectivity index (χ2n) is 6.66. The average Bonchev–Trinajstić information content (AvgIpc) is 2.81. The first kappa shape index (κ1) is 16.8. The first-order valence-electron chi connectivity index (χ1n) is 7.46. The molecule has 2 atom stereocenters. The Hall–Kier alpha value is -1.55. The van der Waals surface area contributed by atoms with Crippen LogP contribution in [0.5, 0.6) is 0 Å². The van der Waals surface area contributed by atoms with Gasteiger partial charge in [0.25, 0.3) is 0 Å².